The van der Waals surface area contributed by atoms with Crippen LogP contribution in [0.2, 0.25) is 0 Å². The number of nitrogens with zero attached hydrogens (tertiary/aromatic N) is 1. The summed E-state index contributed by atoms with van der Waals surface area (Å²) in [6, 6.07) is 13.6. The highest BCUT2D eigenvalue weighted by atomic mass is 15.2. The van der Waals surface area contributed by atoms with Crippen molar-refractivity contribution in [3.05, 3.63) is 47.5 Å². The molecule has 2 nitrogen and oxygen atoms in total. The van der Waals surface area contributed by atoms with E-state index in [0.717, 1.165) is 13.1 Å². The van der Waals surface area contributed by atoms with Crippen LogP contribution in [-0.4, -0.2) is 18.0 Å². The number of fused-ring (bicyclic) bond motifs is 3. The molecule has 0 saturated carbocycles. The minimum atomic E-state index is 0.409. The molecule has 1 aliphatic rings. The van der Waals surface area contributed by atoms with Crippen molar-refractivity contribution in [1.82, 2.24) is 4.90 Å². The highest BCUT2D eigenvalue weighted by Crippen LogP contribution is 2.37. The molecule has 0 bridgehead atoms. The second-order valence-electron chi connectivity index (χ2n) is 5.78. The van der Waals surface area contributed by atoms with E-state index >= 15 is 0 Å². The Bertz CT molecular complexity index is 591. The van der Waals surface area contributed by atoms with Gasteiger partial charge in [-0.3, -0.25) is 4.90 Å². The summed E-state index contributed by atoms with van der Waals surface area (Å²) in [5.74, 6) is 0. The van der Waals surface area contributed by atoms with Gasteiger partial charge in [-0.25, -0.2) is 0 Å². The highest BCUT2D eigenvalue weighted by molar-refractivity contribution is 5.87. The summed E-state index contributed by atoms with van der Waals surface area (Å²) in [6.45, 7) is 5.20. The summed E-state index contributed by atoms with van der Waals surface area (Å²) >= 11 is 0. The van der Waals surface area contributed by atoms with Gasteiger partial charge in [0.05, 0.1) is 0 Å². The van der Waals surface area contributed by atoms with Crippen LogP contribution < -0.4 is 5.73 Å². The Kier molecular flexibility index (Phi) is 4.04. The first-order valence-electron chi connectivity index (χ1n) is 7.79. The average Bonchev–Trinajstić information content (AvgIpc) is 2.85. The molecule has 2 aromatic carbocycles. The van der Waals surface area contributed by atoms with Gasteiger partial charge < -0.3 is 5.73 Å². The Morgan fingerprint density at radius 3 is 2.80 bits per heavy atom. The van der Waals surface area contributed by atoms with Gasteiger partial charge in [0.25, 0.3) is 0 Å². The zero-order valence-corrected chi connectivity index (χ0v) is 12.3. The summed E-state index contributed by atoms with van der Waals surface area (Å²) in [7, 11) is 0. The molecule has 0 fully saturated rings. The third-order valence-electron chi connectivity index (χ3n) is 4.51. The number of hydrogen-bond acceptors (Lipinski definition) is 2. The van der Waals surface area contributed by atoms with E-state index < -0.39 is 0 Å². The summed E-state index contributed by atoms with van der Waals surface area (Å²) < 4.78 is 0. The lowest BCUT2D eigenvalue weighted by molar-refractivity contribution is 0.216. The molecule has 20 heavy (non-hydrogen) atoms. The first-order chi connectivity index (χ1) is 9.85. The molecule has 0 aromatic heterocycles. The lowest BCUT2D eigenvalue weighted by Crippen LogP contribution is -2.28. The van der Waals surface area contributed by atoms with Crippen molar-refractivity contribution >= 4 is 10.8 Å². The van der Waals surface area contributed by atoms with Crippen LogP contribution in [0.5, 0.6) is 0 Å². The molecule has 1 unspecified atom stereocenters. The Hall–Kier alpha value is -1.38. The summed E-state index contributed by atoms with van der Waals surface area (Å²) in [5, 5.41) is 2.75. The fraction of sp³-hybridized carbons (Fsp3) is 0.444. The second-order valence-corrected chi connectivity index (χ2v) is 5.78. The molecule has 2 heteroatoms. The fourth-order valence-corrected chi connectivity index (χ4v) is 3.43. The van der Waals surface area contributed by atoms with E-state index in [1.165, 1.54) is 47.7 Å². The molecule has 0 saturated heterocycles. The van der Waals surface area contributed by atoms with Gasteiger partial charge in [0, 0.05) is 19.1 Å². The van der Waals surface area contributed by atoms with Crippen molar-refractivity contribution in [2.24, 2.45) is 5.73 Å². The van der Waals surface area contributed by atoms with Crippen LogP contribution in [0, 0.1) is 0 Å². The molecule has 0 aliphatic carbocycles. The summed E-state index contributed by atoms with van der Waals surface area (Å²) in [4.78, 5) is 2.56. The molecular formula is C18H24N2. The maximum absolute atomic E-state index is 6.05. The van der Waals surface area contributed by atoms with E-state index in [0.29, 0.717) is 6.04 Å². The maximum Gasteiger partial charge on any atom is 0.0477 e. The Labute approximate surface area is 121 Å². The number of benzene rings is 2. The third-order valence-corrected chi connectivity index (χ3v) is 4.51. The number of hydrogen-bond donors (Lipinski definition) is 1. The highest BCUT2D eigenvalue weighted by Gasteiger charge is 2.29. The first kappa shape index (κ1) is 13.6. The van der Waals surface area contributed by atoms with Gasteiger partial charge in [-0.2, -0.15) is 0 Å². The van der Waals surface area contributed by atoms with Crippen molar-refractivity contribution in [3.63, 3.8) is 0 Å². The van der Waals surface area contributed by atoms with Crippen molar-refractivity contribution in [2.45, 2.75) is 38.8 Å². The Morgan fingerprint density at radius 2 is 2.00 bits per heavy atom. The third kappa shape index (κ3) is 2.34. The molecule has 3 rings (SSSR count). The molecule has 0 spiro atoms. The van der Waals surface area contributed by atoms with E-state index in [9.17, 15) is 0 Å². The van der Waals surface area contributed by atoms with E-state index in [4.69, 9.17) is 5.73 Å². The van der Waals surface area contributed by atoms with E-state index in [1.54, 1.807) is 0 Å². The van der Waals surface area contributed by atoms with Gasteiger partial charge in [-0.15, -0.1) is 0 Å². The molecule has 0 amide bonds. The number of unbranched alkanes of at least 4 members (excludes halogenated alkanes) is 2. The van der Waals surface area contributed by atoms with Gasteiger partial charge in [0.15, 0.2) is 0 Å². The van der Waals surface area contributed by atoms with Crippen molar-refractivity contribution in [2.75, 3.05) is 13.1 Å². The molecule has 0 radical (unpaired) electrons. The fourth-order valence-electron chi connectivity index (χ4n) is 3.43. The van der Waals surface area contributed by atoms with E-state index in [-0.39, 0.29) is 0 Å². The van der Waals surface area contributed by atoms with Gasteiger partial charge in [0.2, 0.25) is 0 Å². The molecular weight excluding hydrogens is 244 g/mol. The minimum absolute atomic E-state index is 0.409. The summed E-state index contributed by atoms with van der Waals surface area (Å²) in [6.07, 6.45) is 3.86. The molecule has 1 heterocycles. The second kappa shape index (κ2) is 5.94. The zero-order chi connectivity index (χ0) is 13.9. The quantitative estimate of drug-likeness (QED) is 0.835. The van der Waals surface area contributed by atoms with Crippen LogP contribution in [0.15, 0.2) is 36.4 Å². The van der Waals surface area contributed by atoms with Crippen LogP contribution in [0.4, 0.5) is 0 Å². The number of rotatable bonds is 5. The van der Waals surface area contributed by atoms with E-state index in [1.807, 2.05) is 0 Å². The predicted octanol–water partition coefficient (Wildman–Crippen LogP) is 3.85. The predicted molar refractivity (Wildman–Crippen MR) is 85.7 cm³/mol. The lowest BCUT2D eigenvalue weighted by atomic mass is 9.98. The normalized spacial score (nSPS) is 18.6. The van der Waals surface area contributed by atoms with Gasteiger partial charge in [-0.1, -0.05) is 56.2 Å². The van der Waals surface area contributed by atoms with Crippen LogP contribution in [0.1, 0.15) is 43.4 Å². The molecule has 1 atom stereocenters. The standard InChI is InChI=1S/C18H24N2/c1-2-3-6-11-20-13-17-15-8-5-4-7-14(15)9-10-16(17)18(20)12-19/h4-5,7-10,18H,2-3,6,11-13,19H2,1H3. The molecule has 106 valence electrons. The Balaban J connectivity index is 1.92. The largest absolute Gasteiger partial charge is 0.329 e. The Morgan fingerprint density at radius 1 is 1.15 bits per heavy atom. The van der Waals surface area contributed by atoms with Crippen LogP contribution in [0.3, 0.4) is 0 Å². The lowest BCUT2D eigenvalue weighted by Gasteiger charge is -2.23. The van der Waals surface area contributed by atoms with Crippen molar-refractivity contribution < 1.29 is 0 Å². The van der Waals surface area contributed by atoms with Crippen LogP contribution in [-0.2, 0) is 6.54 Å². The van der Waals surface area contributed by atoms with Crippen LogP contribution in [0.25, 0.3) is 10.8 Å². The number of nitrogens with two attached hydrogens (primary N) is 1. The van der Waals surface area contributed by atoms with Gasteiger partial charge in [-0.05, 0) is 34.9 Å². The zero-order valence-electron chi connectivity index (χ0n) is 12.3. The van der Waals surface area contributed by atoms with Crippen LogP contribution >= 0.6 is 0 Å². The SMILES string of the molecule is CCCCCN1Cc2c(ccc3ccccc23)C1CN. The van der Waals surface area contributed by atoms with Gasteiger partial charge >= 0.3 is 0 Å². The van der Waals surface area contributed by atoms with Crippen molar-refractivity contribution in [1.29, 1.82) is 0 Å². The molecule has 1 aliphatic heterocycles. The van der Waals surface area contributed by atoms with Crippen molar-refractivity contribution in [3.8, 4) is 0 Å². The minimum Gasteiger partial charge on any atom is -0.329 e. The average molecular weight is 268 g/mol. The molecule has 2 aromatic rings. The van der Waals surface area contributed by atoms with Gasteiger partial charge in [0.1, 0.15) is 0 Å². The summed E-state index contributed by atoms with van der Waals surface area (Å²) in [5.41, 5.74) is 8.99. The monoisotopic (exact) mass is 268 g/mol. The topological polar surface area (TPSA) is 29.3 Å². The smallest absolute Gasteiger partial charge is 0.0477 e. The molecule has 2 N–H and O–H groups in total. The van der Waals surface area contributed by atoms with E-state index in [2.05, 4.69) is 48.2 Å². The first-order valence-corrected chi connectivity index (χ1v) is 7.79. The maximum atomic E-state index is 6.05.